The van der Waals surface area contributed by atoms with Gasteiger partial charge in [-0.05, 0) is 91.4 Å². The number of aryl methyl sites for hydroxylation is 1. The zero-order valence-corrected chi connectivity index (χ0v) is 27.8. The lowest BCUT2D eigenvalue weighted by Gasteiger charge is -2.47. The van der Waals surface area contributed by atoms with Crippen LogP contribution < -0.4 is 4.74 Å². The lowest BCUT2D eigenvalue weighted by Crippen LogP contribution is -2.61. The average Bonchev–Trinajstić information content (AvgIpc) is 3.02. The fraction of sp³-hybridized carbons (Fsp3) is 0.444. The van der Waals surface area contributed by atoms with E-state index in [2.05, 4.69) is 6.58 Å². The molecule has 248 valence electrons. The van der Waals surface area contributed by atoms with Gasteiger partial charge in [-0.2, -0.15) is 0 Å². The summed E-state index contributed by atoms with van der Waals surface area (Å²) >= 11 is 6.45. The lowest BCUT2D eigenvalue weighted by molar-refractivity contribution is -0.177. The molecule has 1 aliphatic heterocycles. The summed E-state index contributed by atoms with van der Waals surface area (Å²) in [7, 11) is 2.84. The van der Waals surface area contributed by atoms with Gasteiger partial charge >= 0.3 is 5.97 Å². The third-order valence-corrected chi connectivity index (χ3v) is 9.66. The van der Waals surface area contributed by atoms with Crippen LogP contribution in [0.1, 0.15) is 44.7 Å². The molecule has 1 saturated heterocycles. The van der Waals surface area contributed by atoms with Crippen molar-refractivity contribution in [2.24, 2.45) is 5.41 Å². The van der Waals surface area contributed by atoms with Gasteiger partial charge in [0.25, 0.3) is 5.92 Å². The number of rotatable bonds is 12. The number of hydrogen-bond acceptors (Lipinski definition) is 4. The molecule has 0 bridgehead atoms. The second-order valence-corrected chi connectivity index (χ2v) is 12.7. The number of piperidine rings is 1. The monoisotopic (exact) mass is 658 g/mol. The number of allylic oxidation sites excluding steroid dienone is 1. The topological polar surface area (TPSA) is 70.1 Å². The van der Waals surface area contributed by atoms with Gasteiger partial charge in [-0.15, -0.1) is 0 Å². The van der Waals surface area contributed by atoms with Gasteiger partial charge in [0.2, 0.25) is 5.91 Å². The third-order valence-electron chi connectivity index (χ3n) is 9.30. The van der Waals surface area contributed by atoms with Crippen LogP contribution in [0.2, 0.25) is 5.02 Å². The highest BCUT2D eigenvalue weighted by atomic mass is 35.5. The minimum atomic E-state index is -3.60. The molecule has 3 aromatic rings. The number of benzene rings is 3. The Morgan fingerprint density at radius 3 is 2.30 bits per heavy atom. The molecular formula is C36H42ClF3N2O4. The second-order valence-electron chi connectivity index (χ2n) is 12.3. The standard InChI is InChI=1S/C36H42ClF3N2O4/c1-7-24-18-29(32(46-6)20-30(24)37)28-13-9-11-26-25(10-8-12-27(26)28)19-31(33(43)44)41(5)34(45)35(36(39,40)22(2)3)14-16-42(17-15-35)21-23(4)38/h8-13,18,20,23,31H,2,7,14-17,19,21H2,1,3-6H3,(H,43,44)/t23?,31-/m0/s1. The van der Waals surface area contributed by atoms with E-state index in [1.807, 2.05) is 43.3 Å². The van der Waals surface area contributed by atoms with E-state index in [-0.39, 0.29) is 38.9 Å². The zero-order chi connectivity index (χ0) is 34.0. The van der Waals surface area contributed by atoms with Crippen molar-refractivity contribution in [3.05, 3.63) is 76.8 Å². The first kappa shape index (κ1) is 35.3. The van der Waals surface area contributed by atoms with Gasteiger partial charge in [0.1, 0.15) is 23.4 Å². The summed E-state index contributed by atoms with van der Waals surface area (Å²) in [4.78, 5) is 29.5. The highest BCUT2D eigenvalue weighted by molar-refractivity contribution is 6.31. The van der Waals surface area contributed by atoms with Crippen molar-refractivity contribution >= 4 is 34.2 Å². The molecule has 46 heavy (non-hydrogen) atoms. The van der Waals surface area contributed by atoms with E-state index in [1.54, 1.807) is 24.1 Å². The highest BCUT2D eigenvalue weighted by Crippen LogP contribution is 2.50. The minimum Gasteiger partial charge on any atom is -0.496 e. The maximum absolute atomic E-state index is 15.9. The fourth-order valence-corrected chi connectivity index (χ4v) is 6.95. The molecule has 0 saturated carbocycles. The van der Waals surface area contributed by atoms with E-state index in [9.17, 15) is 19.1 Å². The van der Waals surface area contributed by atoms with E-state index in [0.717, 1.165) is 32.4 Å². The smallest absolute Gasteiger partial charge is 0.326 e. The van der Waals surface area contributed by atoms with Crippen LogP contribution in [-0.2, 0) is 22.4 Å². The van der Waals surface area contributed by atoms with Gasteiger partial charge in [0, 0.05) is 30.6 Å². The Hall–Kier alpha value is -3.56. The Morgan fingerprint density at radius 2 is 1.74 bits per heavy atom. The highest BCUT2D eigenvalue weighted by Gasteiger charge is 2.61. The molecule has 1 heterocycles. The molecule has 2 atom stereocenters. The number of fused-ring (bicyclic) bond motifs is 1. The lowest BCUT2D eigenvalue weighted by atomic mass is 9.69. The number of alkyl halides is 3. The van der Waals surface area contributed by atoms with Crippen LogP contribution in [0.4, 0.5) is 13.2 Å². The summed E-state index contributed by atoms with van der Waals surface area (Å²) in [5, 5.41) is 12.6. The molecule has 4 rings (SSSR count). The van der Waals surface area contributed by atoms with E-state index >= 15 is 8.78 Å². The molecule has 10 heteroatoms. The van der Waals surface area contributed by atoms with E-state index in [0.29, 0.717) is 22.8 Å². The predicted molar refractivity (Wildman–Crippen MR) is 177 cm³/mol. The molecule has 0 aliphatic carbocycles. The number of carboxylic acid groups (broad SMARTS) is 1. The number of likely N-dealkylation sites (N-methyl/N-ethyl adjacent to an activating group) is 1. The number of nitrogens with zero attached hydrogens (tertiary/aromatic N) is 2. The molecule has 0 spiro atoms. The zero-order valence-electron chi connectivity index (χ0n) is 27.0. The largest absolute Gasteiger partial charge is 0.496 e. The number of hydrogen-bond donors (Lipinski definition) is 1. The van der Waals surface area contributed by atoms with Gasteiger partial charge in [-0.3, -0.25) is 4.79 Å². The summed E-state index contributed by atoms with van der Waals surface area (Å²) in [5.41, 5.74) is 0.591. The van der Waals surface area contributed by atoms with Crippen LogP contribution in [-0.4, -0.2) is 78.7 Å². The van der Waals surface area contributed by atoms with Crippen LogP contribution in [0.15, 0.2) is 60.7 Å². The average molecular weight is 659 g/mol. The van der Waals surface area contributed by atoms with Crippen LogP contribution in [0.5, 0.6) is 5.75 Å². The Labute approximate surface area is 273 Å². The van der Waals surface area contributed by atoms with Crippen molar-refractivity contribution in [3.63, 3.8) is 0 Å². The van der Waals surface area contributed by atoms with Crippen molar-refractivity contribution in [1.29, 1.82) is 0 Å². The number of likely N-dealkylation sites (tertiary alicyclic amines) is 1. The first-order valence-corrected chi connectivity index (χ1v) is 15.8. The first-order valence-electron chi connectivity index (χ1n) is 15.5. The summed E-state index contributed by atoms with van der Waals surface area (Å²) in [5.74, 6) is -5.28. The molecule has 0 radical (unpaired) electrons. The molecule has 3 aromatic carbocycles. The first-order chi connectivity index (χ1) is 21.7. The predicted octanol–water partition coefficient (Wildman–Crippen LogP) is 7.84. The van der Waals surface area contributed by atoms with Crippen molar-refractivity contribution < 1.29 is 32.6 Å². The Kier molecular flexibility index (Phi) is 10.8. The normalized spacial score (nSPS) is 16.5. The van der Waals surface area contributed by atoms with E-state index in [4.69, 9.17) is 16.3 Å². The number of carboxylic acids is 1. The maximum atomic E-state index is 15.9. The fourth-order valence-electron chi connectivity index (χ4n) is 6.66. The van der Waals surface area contributed by atoms with Crippen molar-refractivity contribution in [2.45, 2.75) is 64.6 Å². The van der Waals surface area contributed by atoms with Gasteiger partial charge < -0.3 is 19.6 Å². The minimum absolute atomic E-state index is 0.0707. The molecule has 0 aromatic heterocycles. The maximum Gasteiger partial charge on any atom is 0.326 e. The SMILES string of the molecule is C=C(C)C(F)(F)C1(C(=O)N(C)[C@@H](Cc2cccc3c(-c4cc(CC)c(Cl)cc4OC)cccc23)C(=O)O)CCN(CC(C)F)CC1. The summed E-state index contributed by atoms with van der Waals surface area (Å²) in [6.07, 6.45) is -1.06. The van der Waals surface area contributed by atoms with Crippen LogP contribution in [0.25, 0.3) is 21.9 Å². The Bertz CT molecular complexity index is 1620. The van der Waals surface area contributed by atoms with Crippen molar-refractivity contribution in [3.8, 4) is 16.9 Å². The number of methoxy groups -OCH3 is 1. The van der Waals surface area contributed by atoms with Crippen LogP contribution in [0.3, 0.4) is 0 Å². The summed E-state index contributed by atoms with van der Waals surface area (Å²) in [6, 6.07) is 13.5. The number of aliphatic carboxylic acids is 1. The van der Waals surface area contributed by atoms with Crippen molar-refractivity contribution in [2.75, 3.05) is 33.8 Å². The molecule has 1 fully saturated rings. The van der Waals surface area contributed by atoms with Crippen molar-refractivity contribution in [1.82, 2.24) is 9.80 Å². The van der Waals surface area contributed by atoms with Crippen LogP contribution in [0, 0.1) is 5.41 Å². The number of carbonyl (C=O) groups excluding carboxylic acids is 1. The Balaban J connectivity index is 1.74. The van der Waals surface area contributed by atoms with Gasteiger partial charge in [-0.1, -0.05) is 61.5 Å². The van der Waals surface area contributed by atoms with E-state index in [1.165, 1.54) is 20.9 Å². The van der Waals surface area contributed by atoms with Gasteiger partial charge in [-0.25, -0.2) is 18.0 Å². The summed E-state index contributed by atoms with van der Waals surface area (Å²) in [6.45, 7) is 8.27. The molecule has 1 N–H and O–H groups in total. The number of halogens is 4. The number of ether oxygens (including phenoxy) is 1. The van der Waals surface area contributed by atoms with Gasteiger partial charge in [0.15, 0.2) is 0 Å². The molecule has 1 aliphatic rings. The quantitative estimate of drug-likeness (QED) is 0.201. The molecule has 6 nitrogen and oxygen atoms in total. The number of carbonyl (C=O) groups is 2. The Morgan fingerprint density at radius 1 is 1.11 bits per heavy atom. The third kappa shape index (κ3) is 6.63. The summed E-state index contributed by atoms with van der Waals surface area (Å²) < 4.78 is 51.2. The van der Waals surface area contributed by atoms with Crippen LogP contribution >= 0.6 is 11.6 Å². The molecule has 1 amide bonds. The van der Waals surface area contributed by atoms with E-state index < -0.39 is 41.0 Å². The number of amides is 1. The molecule has 1 unspecified atom stereocenters. The second kappa shape index (κ2) is 14.1. The molecular weight excluding hydrogens is 617 g/mol. The van der Waals surface area contributed by atoms with Gasteiger partial charge in [0.05, 0.1) is 7.11 Å².